The second kappa shape index (κ2) is 7.97. The van der Waals surface area contributed by atoms with Gasteiger partial charge in [-0.2, -0.15) is 0 Å². The molecule has 2 atom stereocenters. The zero-order valence-corrected chi connectivity index (χ0v) is 13.6. The number of carbonyl (C=O) groups excluding carboxylic acids is 2. The Morgan fingerprint density at radius 2 is 2.13 bits per heavy atom. The molecule has 0 radical (unpaired) electrons. The largest absolute Gasteiger partial charge is 0.482 e. The number of rotatable bonds is 6. The highest BCUT2D eigenvalue weighted by Crippen LogP contribution is 2.28. The van der Waals surface area contributed by atoms with Crippen LogP contribution in [0.2, 0.25) is 0 Å². The molecule has 2 rings (SSSR count). The van der Waals surface area contributed by atoms with Gasteiger partial charge < -0.3 is 20.5 Å². The molecule has 0 saturated heterocycles. The minimum atomic E-state index is -0.437. The van der Waals surface area contributed by atoms with Crippen molar-refractivity contribution >= 4 is 17.6 Å². The standard InChI is InChI=1S/C17H24N2O4/c1-11-8-13(23-10-17(21)22-2)6-7-15(11)19-16(20)9-12-4-3-5-14(12)18/h6-8,12,14H,3-5,9-10,18H2,1-2H3,(H,19,20)/t12-,14+/m0/s1. The van der Waals surface area contributed by atoms with Crippen LogP contribution < -0.4 is 15.8 Å². The first-order valence-corrected chi connectivity index (χ1v) is 7.85. The van der Waals surface area contributed by atoms with E-state index in [9.17, 15) is 9.59 Å². The lowest BCUT2D eigenvalue weighted by Crippen LogP contribution is -2.28. The van der Waals surface area contributed by atoms with E-state index in [1.165, 1.54) is 7.11 Å². The maximum atomic E-state index is 12.1. The molecule has 126 valence electrons. The van der Waals surface area contributed by atoms with Crippen LogP contribution in [0.15, 0.2) is 18.2 Å². The number of carbonyl (C=O) groups is 2. The zero-order valence-electron chi connectivity index (χ0n) is 13.6. The first-order valence-electron chi connectivity index (χ1n) is 7.85. The van der Waals surface area contributed by atoms with Crippen molar-refractivity contribution in [2.75, 3.05) is 19.0 Å². The summed E-state index contributed by atoms with van der Waals surface area (Å²) < 4.78 is 9.84. The SMILES string of the molecule is COC(=O)COc1ccc(NC(=O)C[C@@H]2CCC[C@H]2N)c(C)c1. The minimum absolute atomic E-state index is 0.0151. The van der Waals surface area contributed by atoms with Crippen LogP contribution in [0, 0.1) is 12.8 Å². The Hall–Kier alpha value is -2.08. The van der Waals surface area contributed by atoms with E-state index in [1.807, 2.05) is 6.92 Å². The fraction of sp³-hybridized carbons (Fsp3) is 0.529. The van der Waals surface area contributed by atoms with Crippen molar-refractivity contribution in [1.82, 2.24) is 0 Å². The van der Waals surface area contributed by atoms with Gasteiger partial charge in [-0.1, -0.05) is 6.42 Å². The number of hydrogen-bond donors (Lipinski definition) is 2. The number of benzene rings is 1. The van der Waals surface area contributed by atoms with Crippen LogP contribution in [0.3, 0.4) is 0 Å². The molecular weight excluding hydrogens is 296 g/mol. The Morgan fingerprint density at radius 3 is 2.74 bits per heavy atom. The summed E-state index contributed by atoms with van der Waals surface area (Å²) in [5.41, 5.74) is 7.62. The lowest BCUT2D eigenvalue weighted by molar-refractivity contribution is -0.142. The van der Waals surface area contributed by atoms with E-state index < -0.39 is 5.97 Å². The third-order valence-electron chi connectivity index (χ3n) is 4.22. The number of methoxy groups -OCH3 is 1. The fourth-order valence-corrected chi connectivity index (χ4v) is 2.83. The van der Waals surface area contributed by atoms with Gasteiger partial charge in [-0.3, -0.25) is 4.79 Å². The van der Waals surface area contributed by atoms with Crippen LogP contribution in [0.4, 0.5) is 5.69 Å². The predicted octanol–water partition coefficient (Wildman–Crippen LogP) is 2.00. The zero-order chi connectivity index (χ0) is 16.8. The van der Waals surface area contributed by atoms with Crippen LogP contribution in [0.5, 0.6) is 5.75 Å². The molecule has 3 N–H and O–H groups in total. The molecule has 0 aromatic heterocycles. The summed E-state index contributed by atoms with van der Waals surface area (Å²) in [5, 5.41) is 2.92. The Morgan fingerprint density at radius 1 is 1.35 bits per heavy atom. The lowest BCUT2D eigenvalue weighted by Gasteiger charge is -2.16. The molecule has 0 aliphatic heterocycles. The number of hydrogen-bond acceptors (Lipinski definition) is 5. The molecule has 0 spiro atoms. The highest BCUT2D eigenvalue weighted by atomic mass is 16.6. The molecule has 0 unspecified atom stereocenters. The summed E-state index contributed by atoms with van der Waals surface area (Å²) in [7, 11) is 1.31. The second-order valence-electron chi connectivity index (χ2n) is 5.95. The third-order valence-corrected chi connectivity index (χ3v) is 4.22. The summed E-state index contributed by atoms with van der Waals surface area (Å²) in [5.74, 6) is 0.383. The molecule has 0 bridgehead atoms. The number of amides is 1. The smallest absolute Gasteiger partial charge is 0.343 e. The first-order chi connectivity index (χ1) is 11.0. The van der Waals surface area contributed by atoms with Crippen molar-refractivity contribution in [3.8, 4) is 5.75 Å². The molecule has 1 aliphatic carbocycles. The average molecular weight is 320 g/mol. The lowest BCUT2D eigenvalue weighted by atomic mass is 10.00. The van der Waals surface area contributed by atoms with E-state index in [2.05, 4.69) is 10.1 Å². The summed E-state index contributed by atoms with van der Waals surface area (Å²) >= 11 is 0. The van der Waals surface area contributed by atoms with Gasteiger partial charge in [-0.15, -0.1) is 0 Å². The predicted molar refractivity (Wildman–Crippen MR) is 87.3 cm³/mol. The van der Waals surface area contributed by atoms with Crippen LogP contribution >= 0.6 is 0 Å². The Kier molecular flexibility index (Phi) is 5.98. The molecule has 1 aliphatic rings. The van der Waals surface area contributed by atoms with Gasteiger partial charge >= 0.3 is 5.97 Å². The highest BCUT2D eigenvalue weighted by Gasteiger charge is 2.26. The van der Waals surface area contributed by atoms with Gasteiger partial charge in [0.1, 0.15) is 5.75 Å². The number of anilines is 1. The number of ether oxygens (including phenoxy) is 2. The van der Waals surface area contributed by atoms with E-state index in [-0.39, 0.29) is 24.5 Å². The van der Waals surface area contributed by atoms with Crippen molar-refractivity contribution in [2.24, 2.45) is 11.7 Å². The van der Waals surface area contributed by atoms with Crippen molar-refractivity contribution in [3.05, 3.63) is 23.8 Å². The first kappa shape index (κ1) is 17.3. The molecule has 6 heteroatoms. The minimum Gasteiger partial charge on any atom is -0.482 e. The van der Waals surface area contributed by atoms with Crippen molar-refractivity contribution in [2.45, 2.75) is 38.6 Å². The molecule has 23 heavy (non-hydrogen) atoms. The van der Waals surface area contributed by atoms with Gasteiger partial charge in [0.05, 0.1) is 7.11 Å². The van der Waals surface area contributed by atoms with E-state index in [0.29, 0.717) is 12.2 Å². The maximum Gasteiger partial charge on any atom is 0.343 e. The van der Waals surface area contributed by atoms with Crippen molar-refractivity contribution in [1.29, 1.82) is 0 Å². The number of esters is 1. The highest BCUT2D eigenvalue weighted by molar-refractivity contribution is 5.91. The fourth-order valence-electron chi connectivity index (χ4n) is 2.83. The van der Waals surface area contributed by atoms with E-state index >= 15 is 0 Å². The van der Waals surface area contributed by atoms with Gasteiger partial charge in [0.25, 0.3) is 0 Å². The summed E-state index contributed by atoms with van der Waals surface area (Å²) in [6.07, 6.45) is 3.59. The summed E-state index contributed by atoms with van der Waals surface area (Å²) in [4.78, 5) is 23.2. The van der Waals surface area contributed by atoms with Crippen LogP contribution in [0.25, 0.3) is 0 Å². The topological polar surface area (TPSA) is 90.6 Å². The molecule has 0 heterocycles. The van der Waals surface area contributed by atoms with Gasteiger partial charge in [0.2, 0.25) is 5.91 Å². The molecule has 6 nitrogen and oxygen atoms in total. The van der Waals surface area contributed by atoms with Crippen molar-refractivity contribution in [3.63, 3.8) is 0 Å². The monoisotopic (exact) mass is 320 g/mol. The van der Waals surface area contributed by atoms with E-state index in [4.69, 9.17) is 10.5 Å². The molecule has 1 amide bonds. The Bertz CT molecular complexity index is 574. The molecule has 1 saturated carbocycles. The Labute approximate surface area is 136 Å². The van der Waals surface area contributed by atoms with Gasteiger partial charge in [-0.05, 0) is 49.4 Å². The molecule has 1 fully saturated rings. The van der Waals surface area contributed by atoms with E-state index in [1.54, 1.807) is 18.2 Å². The van der Waals surface area contributed by atoms with Gasteiger partial charge in [0, 0.05) is 18.2 Å². The molecule has 1 aromatic carbocycles. The summed E-state index contributed by atoms with van der Waals surface area (Å²) in [6, 6.07) is 5.40. The summed E-state index contributed by atoms with van der Waals surface area (Å²) in [6.45, 7) is 1.74. The van der Waals surface area contributed by atoms with Crippen LogP contribution in [0.1, 0.15) is 31.2 Å². The quantitative estimate of drug-likeness (QED) is 0.782. The second-order valence-corrected chi connectivity index (χ2v) is 5.95. The number of nitrogens with one attached hydrogen (secondary N) is 1. The number of nitrogens with two attached hydrogens (primary N) is 1. The van der Waals surface area contributed by atoms with Crippen LogP contribution in [-0.4, -0.2) is 31.6 Å². The molecular formula is C17H24N2O4. The van der Waals surface area contributed by atoms with Crippen molar-refractivity contribution < 1.29 is 19.1 Å². The third kappa shape index (κ3) is 4.96. The Balaban J connectivity index is 1.90. The maximum absolute atomic E-state index is 12.1. The average Bonchev–Trinajstić information content (AvgIpc) is 2.92. The molecule has 1 aromatic rings. The van der Waals surface area contributed by atoms with E-state index in [0.717, 1.165) is 30.5 Å². The number of aryl methyl sites for hydroxylation is 1. The van der Waals surface area contributed by atoms with Crippen LogP contribution in [-0.2, 0) is 14.3 Å². The van der Waals surface area contributed by atoms with Gasteiger partial charge in [0.15, 0.2) is 6.61 Å². The van der Waals surface area contributed by atoms with Gasteiger partial charge in [-0.25, -0.2) is 4.79 Å². The normalized spacial score (nSPS) is 20.1.